The lowest BCUT2D eigenvalue weighted by molar-refractivity contribution is -0.125. The molecule has 0 radical (unpaired) electrons. The van der Waals surface area contributed by atoms with Crippen LogP contribution in [0.4, 0.5) is 11.4 Å². The second kappa shape index (κ2) is 9.65. The van der Waals surface area contributed by atoms with Crippen LogP contribution >= 0.6 is 0 Å². The fraction of sp³-hybridized carbons (Fsp3) is 0.231. The molecule has 0 spiro atoms. The average Bonchev–Trinajstić information content (AvgIpc) is 2.84. The third-order valence-corrected chi connectivity index (χ3v) is 5.55. The molecule has 4 rings (SSSR count). The van der Waals surface area contributed by atoms with Crippen molar-refractivity contribution in [3.05, 3.63) is 77.9 Å². The van der Waals surface area contributed by atoms with E-state index in [1.54, 1.807) is 48.2 Å². The highest BCUT2D eigenvalue weighted by Crippen LogP contribution is 2.37. The number of anilines is 2. The zero-order valence-corrected chi connectivity index (χ0v) is 18.8. The number of rotatable bonds is 7. The van der Waals surface area contributed by atoms with E-state index in [9.17, 15) is 9.59 Å². The summed E-state index contributed by atoms with van der Waals surface area (Å²) in [5.74, 6) is 0.902. The predicted molar refractivity (Wildman–Crippen MR) is 127 cm³/mol. The summed E-state index contributed by atoms with van der Waals surface area (Å²) in [6.45, 7) is 2.26. The van der Waals surface area contributed by atoms with Gasteiger partial charge in [0.15, 0.2) is 6.10 Å². The first-order valence-corrected chi connectivity index (χ1v) is 10.7. The van der Waals surface area contributed by atoms with Gasteiger partial charge < -0.3 is 24.4 Å². The Morgan fingerprint density at radius 3 is 2.36 bits per heavy atom. The fourth-order valence-corrected chi connectivity index (χ4v) is 3.87. The smallest absolute Gasteiger partial charge is 0.267 e. The molecule has 0 aliphatic carbocycles. The molecule has 0 saturated heterocycles. The van der Waals surface area contributed by atoms with Gasteiger partial charge in [-0.25, -0.2) is 0 Å². The first-order valence-electron chi connectivity index (χ1n) is 10.7. The van der Waals surface area contributed by atoms with E-state index >= 15 is 0 Å². The molecule has 170 valence electrons. The van der Waals surface area contributed by atoms with Crippen molar-refractivity contribution >= 4 is 23.2 Å². The largest absolute Gasteiger partial charge is 0.496 e. The van der Waals surface area contributed by atoms with Gasteiger partial charge >= 0.3 is 0 Å². The highest BCUT2D eigenvalue weighted by molar-refractivity contribution is 6.08. The molecular formula is C26H26N2O5. The van der Waals surface area contributed by atoms with E-state index in [4.69, 9.17) is 14.2 Å². The molecule has 0 bridgehead atoms. The molecule has 1 atom stereocenters. The zero-order valence-electron chi connectivity index (χ0n) is 18.8. The number of hydrogen-bond acceptors (Lipinski definition) is 5. The summed E-state index contributed by atoms with van der Waals surface area (Å²) >= 11 is 0. The third-order valence-electron chi connectivity index (χ3n) is 5.55. The number of nitrogens with zero attached hydrogens (tertiary/aromatic N) is 1. The van der Waals surface area contributed by atoms with E-state index in [1.165, 1.54) is 14.2 Å². The lowest BCUT2D eigenvalue weighted by Gasteiger charge is -2.33. The molecule has 3 aromatic rings. The SMILES string of the molecule is COc1cccc(OC)c1C(=O)Nc1ccc2c(c1)OC(C)C(=O)N2CCc1ccccc1. The van der Waals surface area contributed by atoms with Crippen molar-refractivity contribution in [3.8, 4) is 17.2 Å². The van der Waals surface area contributed by atoms with Crippen molar-refractivity contribution < 1.29 is 23.8 Å². The Hall–Kier alpha value is -4.00. The highest BCUT2D eigenvalue weighted by atomic mass is 16.5. The summed E-state index contributed by atoms with van der Waals surface area (Å²) in [6, 6.07) is 20.4. The summed E-state index contributed by atoms with van der Waals surface area (Å²) in [6.07, 6.45) is 0.110. The summed E-state index contributed by atoms with van der Waals surface area (Å²) in [4.78, 5) is 27.5. The Labute approximate surface area is 192 Å². The minimum absolute atomic E-state index is 0.0889. The van der Waals surface area contributed by atoms with E-state index in [-0.39, 0.29) is 11.8 Å². The predicted octanol–water partition coefficient (Wildman–Crippen LogP) is 4.31. The molecule has 1 aliphatic heterocycles. The number of nitrogens with one attached hydrogen (secondary N) is 1. The van der Waals surface area contributed by atoms with Crippen LogP contribution in [-0.4, -0.2) is 38.7 Å². The molecule has 3 aromatic carbocycles. The molecule has 2 amide bonds. The Balaban J connectivity index is 1.57. The highest BCUT2D eigenvalue weighted by Gasteiger charge is 2.31. The van der Waals surface area contributed by atoms with E-state index in [0.29, 0.717) is 40.7 Å². The molecule has 0 fully saturated rings. The zero-order chi connectivity index (χ0) is 23.4. The van der Waals surface area contributed by atoms with E-state index < -0.39 is 6.10 Å². The lowest BCUT2D eigenvalue weighted by atomic mass is 10.1. The Morgan fingerprint density at radius 1 is 1.00 bits per heavy atom. The maximum Gasteiger partial charge on any atom is 0.267 e. The number of methoxy groups -OCH3 is 2. The quantitative estimate of drug-likeness (QED) is 0.585. The molecule has 0 aromatic heterocycles. The molecule has 1 heterocycles. The second-order valence-electron chi connectivity index (χ2n) is 7.66. The normalized spacial score (nSPS) is 14.8. The molecular weight excluding hydrogens is 420 g/mol. The van der Waals surface area contributed by atoms with Crippen molar-refractivity contribution in [3.63, 3.8) is 0 Å². The first-order chi connectivity index (χ1) is 16.0. The Morgan fingerprint density at radius 2 is 1.70 bits per heavy atom. The number of amides is 2. The van der Waals surface area contributed by atoms with Gasteiger partial charge in [0, 0.05) is 18.3 Å². The van der Waals surface area contributed by atoms with Gasteiger partial charge in [-0.2, -0.15) is 0 Å². The van der Waals surface area contributed by atoms with Gasteiger partial charge in [-0.15, -0.1) is 0 Å². The van der Waals surface area contributed by atoms with Crippen molar-refractivity contribution in [1.29, 1.82) is 0 Å². The fourth-order valence-electron chi connectivity index (χ4n) is 3.87. The van der Waals surface area contributed by atoms with Crippen LogP contribution < -0.4 is 24.4 Å². The number of carbonyl (C=O) groups is 2. The van der Waals surface area contributed by atoms with Crippen LogP contribution in [-0.2, 0) is 11.2 Å². The maximum atomic E-state index is 13.0. The van der Waals surface area contributed by atoms with Crippen LogP contribution in [0.1, 0.15) is 22.8 Å². The van der Waals surface area contributed by atoms with Crippen LogP contribution in [0.25, 0.3) is 0 Å². The molecule has 1 unspecified atom stereocenters. The average molecular weight is 447 g/mol. The summed E-state index contributed by atoms with van der Waals surface area (Å²) in [7, 11) is 3.00. The number of carbonyl (C=O) groups excluding carboxylic acids is 2. The minimum Gasteiger partial charge on any atom is -0.496 e. The second-order valence-corrected chi connectivity index (χ2v) is 7.66. The van der Waals surface area contributed by atoms with Crippen LogP contribution in [0.5, 0.6) is 17.2 Å². The van der Waals surface area contributed by atoms with E-state index in [2.05, 4.69) is 5.32 Å². The molecule has 33 heavy (non-hydrogen) atoms. The van der Waals surface area contributed by atoms with Crippen LogP contribution in [0.15, 0.2) is 66.7 Å². The Bertz CT molecular complexity index is 1140. The first kappa shape index (κ1) is 22.2. The van der Waals surface area contributed by atoms with E-state index in [1.807, 2.05) is 30.3 Å². The summed E-state index contributed by atoms with van der Waals surface area (Å²) in [5, 5.41) is 2.87. The van der Waals surface area contributed by atoms with Gasteiger partial charge in [0.1, 0.15) is 22.8 Å². The lowest BCUT2D eigenvalue weighted by Crippen LogP contribution is -2.45. The van der Waals surface area contributed by atoms with Crippen molar-refractivity contribution in [2.75, 3.05) is 31.0 Å². The standard InChI is InChI=1S/C26H26N2O5/c1-17-26(30)28(15-14-18-8-5-4-6-9-18)20-13-12-19(16-23(20)33-17)27-25(29)24-21(31-2)10-7-11-22(24)32-3/h4-13,16-17H,14-15H2,1-3H3,(H,27,29). The van der Waals surface area contributed by atoms with Crippen molar-refractivity contribution in [2.45, 2.75) is 19.4 Å². The number of benzene rings is 3. The monoisotopic (exact) mass is 446 g/mol. The summed E-state index contributed by atoms with van der Waals surface area (Å²) < 4.78 is 16.5. The molecule has 0 saturated carbocycles. The Kier molecular flexibility index (Phi) is 6.49. The van der Waals surface area contributed by atoms with Gasteiger partial charge in [0.05, 0.1) is 19.9 Å². The maximum absolute atomic E-state index is 13.0. The minimum atomic E-state index is -0.617. The molecule has 1 aliphatic rings. The number of hydrogen-bond donors (Lipinski definition) is 1. The van der Waals surface area contributed by atoms with Crippen LogP contribution in [0.3, 0.4) is 0 Å². The summed E-state index contributed by atoms with van der Waals surface area (Å²) in [5.41, 5.74) is 2.67. The molecule has 7 nitrogen and oxygen atoms in total. The van der Waals surface area contributed by atoms with E-state index in [0.717, 1.165) is 12.0 Å². The van der Waals surface area contributed by atoms with Gasteiger partial charge in [-0.1, -0.05) is 36.4 Å². The van der Waals surface area contributed by atoms with Gasteiger partial charge in [0.2, 0.25) is 0 Å². The van der Waals surface area contributed by atoms with Crippen LogP contribution in [0, 0.1) is 0 Å². The van der Waals surface area contributed by atoms with Crippen molar-refractivity contribution in [2.24, 2.45) is 0 Å². The van der Waals surface area contributed by atoms with Gasteiger partial charge in [0.25, 0.3) is 11.8 Å². The van der Waals surface area contributed by atoms with Gasteiger partial charge in [-0.05, 0) is 43.2 Å². The van der Waals surface area contributed by atoms with Gasteiger partial charge in [-0.3, -0.25) is 9.59 Å². The van der Waals surface area contributed by atoms with Crippen molar-refractivity contribution in [1.82, 2.24) is 0 Å². The van der Waals surface area contributed by atoms with Crippen LogP contribution in [0.2, 0.25) is 0 Å². The topological polar surface area (TPSA) is 77.1 Å². The number of fused-ring (bicyclic) bond motifs is 1. The number of ether oxygens (including phenoxy) is 3. The molecule has 7 heteroatoms. The third kappa shape index (κ3) is 4.62. The molecule has 1 N–H and O–H groups in total.